The van der Waals surface area contributed by atoms with Gasteiger partial charge in [-0.05, 0) is 129 Å². The van der Waals surface area contributed by atoms with Crippen LogP contribution in [0.25, 0.3) is 0 Å². The van der Waals surface area contributed by atoms with Crippen molar-refractivity contribution in [3.05, 3.63) is 182 Å². The van der Waals surface area contributed by atoms with Gasteiger partial charge in [0, 0.05) is 138 Å². The van der Waals surface area contributed by atoms with E-state index in [0.717, 1.165) is 18.2 Å². The molecule has 1 saturated carbocycles. The standard InChI is InChI=1S/C27H29F3N8O4S.C27H29F3N8O4.C26H27F3N8O3/c1-3-23(39)32-17-5-4-6-18(15-17)33-24-20(27(28,29)30)16-31-26(36-24)34-21-9-10-22(35-25(21)42-2)37-11-13-38(14-12-37)43(40,41)19-7-8-19;1-4-22(39)32-17-7-6-8-18(15-17)33-23-19(27(28,29)30)16-31-25(36-23)34-20-9-10-21(35-24(20)41-3)37-11-13-38(14-12-37)26(40)42-5-2;1-4-22(39)31-17-6-5-7-18(14-17)32-23-19(26(27,28)29)15-30-25(35-23)33-20-8-9-21(34-24(20)40-3)37-12-10-36(11-13-37)16(2)38/h3-6,9-10,15-16,19H,1,7-8,11-14H2,2H3,(H,32,39)(H2,31,33,34,36);4,6-10,15-16H,1,5,11-14H2,2-3H3,(H,32,39)(H2,31,33,34,36);4-9,14-15H,1,10-13H2,2-3H3,(H,31,39)(H2,30,32,33,35). The summed E-state index contributed by atoms with van der Waals surface area (Å²) >= 11 is 0. The highest BCUT2D eigenvalue weighted by Gasteiger charge is 2.42. The topological polar surface area (TPSA) is 400 Å². The van der Waals surface area contributed by atoms with Crippen LogP contribution >= 0.6 is 0 Å². The van der Waals surface area contributed by atoms with Gasteiger partial charge in [-0.25, -0.2) is 28.2 Å². The molecule has 1 aliphatic carbocycles. The van der Waals surface area contributed by atoms with Crippen LogP contribution in [0.1, 0.15) is 43.4 Å². The lowest BCUT2D eigenvalue weighted by Crippen LogP contribution is -2.49. The Morgan fingerprint density at radius 1 is 0.432 bits per heavy atom. The molecule has 0 bridgehead atoms. The van der Waals surface area contributed by atoms with Crippen molar-refractivity contribution in [3.8, 4) is 17.6 Å². The fourth-order valence-electron chi connectivity index (χ4n) is 12.5. The number of hydrogen-bond acceptors (Lipinski definition) is 29. The molecule has 125 heavy (non-hydrogen) atoms. The molecule has 45 heteroatoms. The van der Waals surface area contributed by atoms with Crippen molar-refractivity contribution in [3.63, 3.8) is 0 Å². The third-order valence-electron chi connectivity index (χ3n) is 18.9. The number of methoxy groups -OCH3 is 3. The SMILES string of the molecule is C=CC(=O)Nc1cccc(Nc2nc(Nc3ccc(N4CCN(C(=O)OCC)CC4)nc3OC)ncc2C(F)(F)F)c1.C=CC(=O)Nc1cccc(Nc2nc(Nc3ccc(N4CCN(C(C)=O)CC4)nc3OC)ncc2C(F)(F)F)c1.C=CC(=O)Nc1cccc(Nc2nc(Nc3ccc(N4CCN(S(=O)(=O)C5CC5)CC4)nc3OC)ncc2C(F)(F)F)c1. The van der Waals surface area contributed by atoms with Gasteiger partial charge < -0.3 is 91.3 Å². The zero-order valence-corrected chi connectivity index (χ0v) is 68.5. The van der Waals surface area contributed by atoms with Crippen LogP contribution < -0.4 is 76.8 Å². The molecule has 35 nitrogen and oxygen atoms in total. The van der Waals surface area contributed by atoms with E-state index in [1.54, 1.807) is 89.5 Å². The number of hydrogen-bond donors (Lipinski definition) is 9. The minimum Gasteiger partial charge on any atom is -0.479 e. The predicted molar refractivity (Wildman–Crippen MR) is 450 cm³/mol. The van der Waals surface area contributed by atoms with Gasteiger partial charge in [-0.1, -0.05) is 37.9 Å². The molecule has 0 atom stereocenters. The van der Waals surface area contributed by atoms with Crippen LogP contribution in [-0.2, 0) is 52.5 Å². The number of sulfonamides is 1. The summed E-state index contributed by atoms with van der Waals surface area (Å²) in [5.74, 6) is -1.04. The van der Waals surface area contributed by atoms with Crippen molar-refractivity contribution >= 4 is 144 Å². The van der Waals surface area contributed by atoms with Gasteiger partial charge in [-0.15, -0.1) is 0 Å². The minimum atomic E-state index is -4.75. The third-order valence-corrected chi connectivity index (χ3v) is 21.3. The molecule has 660 valence electrons. The maximum absolute atomic E-state index is 13.8. The van der Waals surface area contributed by atoms with Crippen LogP contribution in [0.4, 0.5) is 148 Å². The first-order valence-electron chi connectivity index (χ1n) is 38.3. The number of anilines is 18. The first-order valence-corrected chi connectivity index (χ1v) is 39.8. The second-order valence-corrected chi connectivity index (χ2v) is 29.6. The molecule has 3 aliphatic heterocycles. The monoisotopic (exact) mass is 1760 g/mol. The number of pyridine rings is 3. The molecule has 0 spiro atoms. The lowest BCUT2D eigenvalue weighted by molar-refractivity contribution is -0.138. The van der Waals surface area contributed by atoms with Crippen molar-refractivity contribution in [2.45, 2.75) is 50.5 Å². The number of ether oxygens (including phenoxy) is 4. The summed E-state index contributed by atoms with van der Waals surface area (Å²) in [6.45, 7) is 19.6. The number of carbonyl (C=O) groups is 5. The summed E-state index contributed by atoms with van der Waals surface area (Å²) in [5, 5.41) is 23.9. The molecule has 4 aliphatic rings. The quantitative estimate of drug-likeness (QED) is 0.0170. The second-order valence-electron chi connectivity index (χ2n) is 27.4. The summed E-state index contributed by atoms with van der Waals surface area (Å²) < 4.78 is 172. The molecule has 4 fully saturated rings. The molecule has 3 aromatic carbocycles. The maximum Gasteiger partial charge on any atom is 0.421 e. The van der Waals surface area contributed by atoms with Gasteiger partial charge >= 0.3 is 24.6 Å². The van der Waals surface area contributed by atoms with Crippen LogP contribution in [-0.4, -0.2) is 209 Å². The number of halogens is 9. The lowest BCUT2D eigenvalue weighted by Gasteiger charge is -2.35. The molecule has 9 N–H and O–H groups in total. The van der Waals surface area contributed by atoms with E-state index in [0.29, 0.717) is 168 Å². The average molecular weight is 1760 g/mol. The number of benzene rings is 3. The molecular weight excluding hydrogens is 1680 g/mol. The highest BCUT2D eigenvalue weighted by Crippen LogP contribution is 2.42. The largest absolute Gasteiger partial charge is 0.479 e. The van der Waals surface area contributed by atoms with Gasteiger partial charge in [0.25, 0.3) is 0 Å². The Bertz CT molecular complexity index is 5540. The number of piperazine rings is 3. The molecule has 3 saturated heterocycles. The molecule has 5 amide bonds. The summed E-state index contributed by atoms with van der Waals surface area (Å²) in [7, 11) is 0.980. The molecule has 13 rings (SSSR count). The van der Waals surface area contributed by atoms with E-state index in [-0.39, 0.29) is 69.8 Å². The van der Waals surface area contributed by atoms with Crippen molar-refractivity contribution in [1.29, 1.82) is 0 Å². The maximum atomic E-state index is 13.8. The van der Waals surface area contributed by atoms with Gasteiger partial charge in [0.1, 0.15) is 68.7 Å². The molecular formula is C80H85F9N24O11S. The van der Waals surface area contributed by atoms with Crippen LogP contribution in [0, 0.1) is 0 Å². The molecule has 9 heterocycles. The number of aromatic nitrogens is 9. The fraction of sp³-hybridized carbons (Fsp3) is 0.300. The number of carbonyl (C=O) groups excluding carboxylic acids is 5. The smallest absolute Gasteiger partial charge is 0.421 e. The van der Waals surface area contributed by atoms with Gasteiger partial charge in [-0.2, -0.15) is 73.7 Å². The number of amides is 5. The molecule has 0 unspecified atom stereocenters. The summed E-state index contributed by atoms with van der Waals surface area (Å²) in [6.07, 6.45) is -7.96. The van der Waals surface area contributed by atoms with Crippen LogP contribution in [0.2, 0.25) is 0 Å². The van der Waals surface area contributed by atoms with Gasteiger partial charge in [-0.3, -0.25) is 19.2 Å². The first-order chi connectivity index (χ1) is 59.6. The van der Waals surface area contributed by atoms with Crippen LogP contribution in [0.5, 0.6) is 17.6 Å². The summed E-state index contributed by atoms with van der Waals surface area (Å²) in [5.41, 5.74) is -0.492. The van der Waals surface area contributed by atoms with Crippen LogP contribution in [0.15, 0.2) is 166 Å². The van der Waals surface area contributed by atoms with E-state index in [4.69, 9.17) is 18.9 Å². The number of nitrogens with one attached hydrogen (secondary N) is 9. The Morgan fingerprint density at radius 3 is 1.02 bits per heavy atom. The highest BCUT2D eigenvalue weighted by molar-refractivity contribution is 7.90. The summed E-state index contributed by atoms with van der Waals surface area (Å²) in [4.78, 5) is 105. The Labute approximate surface area is 710 Å². The first kappa shape index (κ1) is 91.3. The Morgan fingerprint density at radius 2 is 0.736 bits per heavy atom. The van der Waals surface area contributed by atoms with E-state index in [9.17, 15) is 71.9 Å². The molecule has 6 aromatic heterocycles. The normalized spacial score (nSPS) is 14.2. The van der Waals surface area contributed by atoms with Crippen molar-refractivity contribution in [1.82, 2.24) is 59.0 Å². The predicted octanol–water partition coefficient (Wildman–Crippen LogP) is 13.1. The highest BCUT2D eigenvalue weighted by atomic mass is 32.2. The van der Waals surface area contributed by atoms with Crippen molar-refractivity contribution in [2.24, 2.45) is 0 Å². The number of nitrogens with zero attached hydrogens (tertiary/aromatic N) is 15. The van der Waals surface area contributed by atoms with Crippen molar-refractivity contribution < 1.29 is 90.9 Å². The van der Waals surface area contributed by atoms with Gasteiger partial charge in [0.2, 0.25) is 69.1 Å². The van der Waals surface area contributed by atoms with E-state index in [1.807, 2.05) is 14.7 Å². The minimum absolute atomic E-state index is 0.0160. The third kappa shape index (κ3) is 24.5. The second kappa shape index (κ2) is 40.5. The summed E-state index contributed by atoms with van der Waals surface area (Å²) in [6, 6.07) is 28.4. The number of rotatable bonds is 27. The van der Waals surface area contributed by atoms with Gasteiger partial charge in [0.05, 0.1) is 33.2 Å². The van der Waals surface area contributed by atoms with Crippen LogP contribution in [0.3, 0.4) is 0 Å². The molecule has 0 radical (unpaired) electrons. The zero-order chi connectivity index (χ0) is 89.9. The Hall–Kier alpha value is -14.4. The molecule has 9 aromatic rings. The fourth-order valence-corrected chi connectivity index (χ4v) is 14.3. The van der Waals surface area contributed by atoms with E-state index < -0.39 is 80.4 Å². The van der Waals surface area contributed by atoms with Crippen molar-refractivity contribution in [2.75, 3.05) is 169 Å². The van der Waals surface area contributed by atoms with E-state index in [2.05, 4.69) is 112 Å². The Balaban J connectivity index is 0.000000182. The van der Waals surface area contributed by atoms with E-state index >= 15 is 0 Å². The average Bonchev–Trinajstić information content (AvgIpc) is 1.69. The zero-order valence-electron chi connectivity index (χ0n) is 67.7. The Kier molecular flexibility index (Phi) is 29.6. The van der Waals surface area contributed by atoms with Gasteiger partial charge in [0.15, 0.2) is 0 Å². The van der Waals surface area contributed by atoms with E-state index in [1.165, 1.54) is 69.0 Å². The number of alkyl halides is 9. The lowest BCUT2D eigenvalue weighted by atomic mass is 10.2.